The molecular formula is C8H9N5O2. The van der Waals surface area contributed by atoms with Crippen molar-refractivity contribution in [2.24, 2.45) is 0 Å². The van der Waals surface area contributed by atoms with Gasteiger partial charge >= 0.3 is 5.56 Å². The van der Waals surface area contributed by atoms with Crippen molar-refractivity contribution in [3.05, 3.63) is 27.0 Å². The lowest BCUT2D eigenvalue weighted by Gasteiger charge is -1.93. The molecule has 0 saturated carbocycles. The van der Waals surface area contributed by atoms with Crippen molar-refractivity contribution >= 4 is 17.0 Å². The molecule has 0 spiro atoms. The Hall–Kier alpha value is -2.18. The molecule has 2 heterocycles. The van der Waals surface area contributed by atoms with E-state index in [9.17, 15) is 9.59 Å². The standard InChI is InChI=1S/C8H9N5O2/c1-2-13-3-10-4-5(13)7(15)12-8(9)11-6(4)14/h3H,2H2,1H3,(H3,9,11,12,14,15). The molecule has 0 aliphatic carbocycles. The number of aryl methyl sites for hydroxylation is 1. The topological polar surface area (TPSA) is 107 Å². The number of anilines is 1. The Morgan fingerprint density at radius 1 is 1.53 bits per heavy atom. The highest BCUT2D eigenvalue weighted by atomic mass is 16.1. The number of H-pyrrole nitrogens is 1. The lowest BCUT2D eigenvalue weighted by Crippen LogP contribution is -2.09. The maximum atomic E-state index is 11.6. The first-order chi connectivity index (χ1) is 7.13. The van der Waals surface area contributed by atoms with E-state index < -0.39 is 11.1 Å². The number of aromatic nitrogens is 4. The third kappa shape index (κ3) is 1.37. The molecule has 0 aromatic carbocycles. The number of hydrogen-bond donors (Lipinski definition) is 2. The van der Waals surface area contributed by atoms with Gasteiger partial charge in [-0.05, 0) is 6.92 Å². The van der Waals surface area contributed by atoms with E-state index in [4.69, 9.17) is 5.73 Å². The number of rotatable bonds is 1. The van der Waals surface area contributed by atoms with Gasteiger partial charge in [-0.1, -0.05) is 0 Å². The summed E-state index contributed by atoms with van der Waals surface area (Å²) in [5, 5.41) is 0. The summed E-state index contributed by atoms with van der Waals surface area (Å²) in [4.78, 5) is 32.7. The van der Waals surface area contributed by atoms with Gasteiger partial charge in [-0.3, -0.25) is 14.6 Å². The summed E-state index contributed by atoms with van der Waals surface area (Å²) in [5.41, 5.74) is 4.48. The lowest BCUT2D eigenvalue weighted by molar-refractivity contribution is 0.783. The molecule has 2 aromatic rings. The molecule has 0 radical (unpaired) electrons. The lowest BCUT2D eigenvalue weighted by atomic mass is 10.4. The first-order valence-corrected chi connectivity index (χ1v) is 4.38. The third-order valence-corrected chi connectivity index (χ3v) is 2.06. The third-order valence-electron chi connectivity index (χ3n) is 2.06. The fraction of sp³-hybridized carbons (Fsp3) is 0.250. The highest BCUT2D eigenvalue weighted by Gasteiger charge is 2.09. The number of nitrogens with zero attached hydrogens (tertiary/aromatic N) is 3. The molecule has 0 aliphatic rings. The minimum absolute atomic E-state index is 0.0369. The van der Waals surface area contributed by atoms with E-state index in [1.165, 1.54) is 6.33 Å². The Morgan fingerprint density at radius 2 is 2.27 bits per heavy atom. The molecule has 7 nitrogen and oxygen atoms in total. The van der Waals surface area contributed by atoms with Crippen LogP contribution in [0.15, 0.2) is 15.9 Å². The van der Waals surface area contributed by atoms with E-state index >= 15 is 0 Å². The van der Waals surface area contributed by atoms with Crippen LogP contribution in [-0.4, -0.2) is 19.5 Å². The zero-order valence-electron chi connectivity index (χ0n) is 8.02. The Bertz CT molecular complexity index is 627. The summed E-state index contributed by atoms with van der Waals surface area (Å²) in [6.45, 7) is 2.39. The average molecular weight is 207 g/mol. The van der Waals surface area contributed by atoms with Crippen LogP contribution in [0.3, 0.4) is 0 Å². The average Bonchev–Trinajstić information content (AvgIpc) is 2.55. The van der Waals surface area contributed by atoms with Crippen molar-refractivity contribution in [2.75, 3.05) is 5.73 Å². The molecule has 2 rings (SSSR count). The number of hydrogen-bond acceptors (Lipinski definition) is 5. The van der Waals surface area contributed by atoms with Crippen LogP contribution in [-0.2, 0) is 6.54 Å². The molecule has 0 fully saturated rings. The minimum Gasteiger partial charge on any atom is -0.369 e. The normalized spacial score (nSPS) is 10.7. The zero-order valence-corrected chi connectivity index (χ0v) is 8.02. The Kier molecular flexibility index (Phi) is 2.00. The van der Waals surface area contributed by atoms with Crippen LogP contribution >= 0.6 is 0 Å². The number of nitrogen functional groups attached to an aromatic ring is 1. The van der Waals surface area contributed by atoms with E-state index in [-0.39, 0.29) is 17.0 Å². The maximum Gasteiger partial charge on any atom is 0.301 e. The Labute approximate surface area is 83.6 Å². The molecule has 0 atom stereocenters. The van der Waals surface area contributed by atoms with Crippen molar-refractivity contribution in [1.29, 1.82) is 0 Å². The van der Waals surface area contributed by atoms with E-state index in [1.807, 2.05) is 6.92 Å². The molecule has 0 amide bonds. The van der Waals surface area contributed by atoms with Crippen molar-refractivity contribution in [3.63, 3.8) is 0 Å². The molecule has 0 bridgehead atoms. The number of fused-ring (bicyclic) bond motifs is 1. The van der Waals surface area contributed by atoms with Crippen LogP contribution in [0.25, 0.3) is 11.0 Å². The van der Waals surface area contributed by atoms with E-state index in [0.717, 1.165) is 0 Å². The van der Waals surface area contributed by atoms with Crippen LogP contribution in [0.1, 0.15) is 6.92 Å². The first kappa shape index (κ1) is 9.38. The Balaban J connectivity index is 3.10. The second-order valence-electron chi connectivity index (χ2n) is 2.98. The molecule has 3 N–H and O–H groups in total. The molecular weight excluding hydrogens is 198 g/mol. The van der Waals surface area contributed by atoms with Crippen molar-refractivity contribution in [3.8, 4) is 0 Å². The fourth-order valence-corrected chi connectivity index (χ4v) is 1.38. The van der Waals surface area contributed by atoms with Crippen LogP contribution < -0.4 is 16.9 Å². The van der Waals surface area contributed by atoms with Crippen molar-refractivity contribution < 1.29 is 0 Å². The van der Waals surface area contributed by atoms with Crippen LogP contribution in [0, 0.1) is 0 Å². The van der Waals surface area contributed by atoms with Crippen molar-refractivity contribution in [2.45, 2.75) is 13.5 Å². The summed E-state index contributed by atoms with van der Waals surface area (Å²) in [6.07, 6.45) is 1.43. The van der Waals surface area contributed by atoms with Crippen LogP contribution in [0.5, 0.6) is 0 Å². The second kappa shape index (κ2) is 3.19. The van der Waals surface area contributed by atoms with E-state index in [0.29, 0.717) is 6.54 Å². The number of aromatic amines is 1. The summed E-state index contributed by atoms with van der Waals surface area (Å²) in [6, 6.07) is 0. The largest absolute Gasteiger partial charge is 0.369 e. The SMILES string of the molecule is CCn1cnc2c(=O)nc(N)[nH]c(=O)c21. The molecule has 0 saturated heterocycles. The monoisotopic (exact) mass is 207 g/mol. The fourth-order valence-electron chi connectivity index (χ4n) is 1.38. The zero-order chi connectivity index (χ0) is 11.0. The summed E-state index contributed by atoms with van der Waals surface area (Å²) < 4.78 is 1.57. The molecule has 78 valence electrons. The number of imidazole rings is 1. The van der Waals surface area contributed by atoms with Gasteiger partial charge in [-0.25, -0.2) is 4.98 Å². The highest BCUT2D eigenvalue weighted by Crippen LogP contribution is 2.01. The second-order valence-corrected chi connectivity index (χ2v) is 2.98. The number of nitrogens with one attached hydrogen (secondary N) is 1. The highest BCUT2D eigenvalue weighted by molar-refractivity contribution is 5.72. The van der Waals surface area contributed by atoms with Gasteiger partial charge in [0.05, 0.1) is 6.33 Å². The van der Waals surface area contributed by atoms with Gasteiger partial charge in [0.1, 0.15) is 5.52 Å². The molecule has 0 unspecified atom stereocenters. The maximum absolute atomic E-state index is 11.6. The van der Waals surface area contributed by atoms with Gasteiger partial charge in [0.15, 0.2) is 5.52 Å². The molecule has 2 aromatic heterocycles. The predicted octanol–water partition coefficient (Wildman–Crippen LogP) is -0.918. The van der Waals surface area contributed by atoms with Gasteiger partial charge in [0, 0.05) is 6.54 Å². The summed E-state index contributed by atoms with van der Waals surface area (Å²) in [7, 11) is 0. The minimum atomic E-state index is -0.604. The molecule has 15 heavy (non-hydrogen) atoms. The first-order valence-electron chi connectivity index (χ1n) is 4.38. The summed E-state index contributed by atoms with van der Waals surface area (Å²) >= 11 is 0. The van der Waals surface area contributed by atoms with Gasteiger partial charge in [0.2, 0.25) is 5.95 Å². The Morgan fingerprint density at radius 3 is 2.93 bits per heavy atom. The van der Waals surface area contributed by atoms with Gasteiger partial charge in [-0.15, -0.1) is 0 Å². The van der Waals surface area contributed by atoms with Crippen molar-refractivity contribution in [1.82, 2.24) is 19.5 Å². The van der Waals surface area contributed by atoms with Crippen LogP contribution in [0.4, 0.5) is 5.95 Å². The van der Waals surface area contributed by atoms with Crippen LogP contribution in [0.2, 0.25) is 0 Å². The quantitative estimate of drug-likeness (QED) is 0.629. The predicted molar refractivity (Wildman–Crippen MR) is 54.5 cm³/mol. The van der Waals surface area contributed by atoms with Gasteiger partial charge < -0.3 is 10.3 Å². The molecule has 0 aliphatic heterocycles. The number of nitrogens with two attached hydrogens (primary N) is 1. The van der Waals surface area contributed by atoms with E-state index in [2.05, 4.69) is 15.0 Å². The summed E-state index contributed by atoms with van der Waals surface area (Å²) in [5.74, 6) is -0.203. The van der Waals surface area contributed by atoms with E-state index in [1.54, 1.807) is 4.57 Å². The van der Waals surface area contributed by atoms with Gasteiger partial charge in [0.25, 0.3) is 5.56 Å². The van der Waals surface area contributed by atoms with Gasteiger partial charge in [-0.2, -0.15) is 4.98 Å². The molecule has 7 heteroatoms. The smallest absolute Gasteiger partial charge is 0.301 e.